The van der Waals surface area contributed by atoms with E-state index in [0.717, 1.165) is 28.8 Å². The Bertz CT molecular complexity index is 359. The first-order valence-corrected chi connectivity index (χ1v) is 5.68. The van der Waals surface area contributed by atoms with E-state index in [0.29, 0.717) is 6.54 Å². The highest BCUT2D eigenvalue weighted by Crippen LogP contribution is 2.24. The molecule has 1 saturated heterocycles. The SMILES string of the molecule is OCc1cc(Br)cnc1N1CCC(O)C1. The Morgan fingerprint density at radius 3 is 3.00 bits per heavy atom. The Morgan fingerprint density at radius 2 is 2.40 bits per heavy atom. The lowest BCUT2D eigenvalue weighted by atomic mass is 10.2. The van der Waals surface area contributed by atoms with Gasteiger partial charge in [-0.15, -0.1) is 0 Å². The molecule has 15 heavy (non-hydrogen) atoms. The summed E-state index contributed by atoms with van der Waals surface area (Å²) in [5.41, 5.74) is 0.790. The monoisotopic (exact) mass is 272 g/mol. The fourth-order valence-electron chi connectivity index (χ4n) is 1.81. The zero-order chi connectivity index (χ0) is 10.8. The van der Waals surface area contributed by atoms with E-state index in [1.807, 2.05) is 11.0 Å². The second kappa shape index (κ2) is 4.47. The quantitative estimate of drug-likeness (QED) is 0.841. The van der Waals surface area contributed by atoms with Crippen molar-refractivity contribution in [3.63, 3.8) is 0 Å². The number of anilines is 1. The Labute approximate surface area is 96.7 Å². The second-order valence-electron chi connectivity index (χ2n) is 3.68. The van der Waals surface area contributed by atoms with Crippen LogP contribution in [0, 0.1) is 0 Å². The largest absolute Gasteiger partial charge is 0.392 e. The fourth-order valence-corrected chi connectivity index (χ4v) is 2.19. The van der Waals surface area contributed by atoms with Crippen molar-refractivity contribution in [2.45, 2.75) is 19.1 Å². The van der Waals surface area contributed by atoms with Gasteiger partial charge in [-0.1, -0.05) is 0 Å². The lowest BCUT2D eigenvalue weighted by Gasteiger charge is -2.19. The van der Waals surface area contributed by atoms with Gasteiger partial charge >= 0.3 is 0 Å². The van der Waals surface area contributed by atoms with Crippen molar-refractivity contribution in [1.82, 2.24) is 4.98 Å². The molecule has 1 aromatic heterocycles. The van der Waals surface area contributed by atoms with E-state index in [-0.39, 0.29) is 12.7 Å². The summed E-state index contributed by atoms with van der Waals surface area (Å²) in [6.07, 6.45) is 2.20. The first-order chi connectivity index (χ1) is 7.20. The Balaban J connectivity index is 2.27. The standard InChI is InChI=1S/C10H13BrN2O2/c11-8-3-7(6-14)10(12-4-8)13-2-1-9(15)5-13/h3-4,9,14-15H,1-2,5-6H2. The highest BCUT2D eigenvalue weighted by Gasteiger charge is 2.23. The van der Waals surface area contributed by atoms with Crippen molar-refractivity contribution >= 4 is 21.7 Å². The average Bonchev–Trinajstić information content (AvgIpc) is 2.64. The van der Waals surface area contributed by atoms with Crippen LogP contribution in [-0.4, -0.2) is 34.4 Å². The number of aliphatic hydroxyl groups is 2. The van der Waals surface area contributed by atoms with Gasteiger partial charge in [0.05, 0.1) is 12.7 Å². The molecule has 2 rings (SSSR count). The predicted molar refractivity (Wildman–Crippen MR) is 60.7 cm³/mol. The highest BCUT2D eigenvalue weighted by molar-refractivity contribution is 9.10. The van der Waals surface area contributed by atoms with Crippen molar-refractivity contribution in [2.75, 3.05) is 18.0 Å². The molecule has 0 bridgehead atoms. The van der Waals surface area contributed by atoms with Gasteiger partial charge in [0.2, 0.25) is 0 Å². The highest BCUT2D eigenvalue weighted by atomic mass is 79.9. The van der Waals surface area contributed by atoms with Crippen LogP contribution >= 0.6 is 15.9 Å². The molecule has 0 radical (unpaired) electrons. The number of aliphatic hydroxyl groups excluding tert-OH is 2. The van der Waals surface area contributed by atoms with Crippen LogP contribution < -0.4 is 4.90 Å². The summed E-state index contributed by atoms with van der Waals surface area (Å²) in [7, 11) is 0. The van der Waals surface area contributed by atoms with Gasteiger partial charge in [-0.05, 0) is 28.4 Å². The molecule has 5 heteroatoms. The van der Waals surface area contributed by atoms with Crippen LogP contribution in [0.2, 0.25) is 0 Å². The smallest absolute Gasteiger partial charge is 0.134 e. The number of halogens is 1. The van der Waals surface area contributed by atoms with E-state index >= 15 is 0 Å². The molecule has 1 aliphatic heterocycles. The van der Waals surface area contributed by atoms with Gasteiger partial charge in [0.1, 0.15) is 5.82 Å². The van der Waals surface area contributed by atoms with Crippen LogP contribution in [0.3, 0.4) is 0 Å². The summed E-state index contributed by atoms with van der Waals surface area (Å²) in [5, 5.41) is 18.7. The van der Waals surface area contributed by atoms with Crippen molar-refractivity contribution in [3.05, 3.63) is 22.3 Å². The van der Waals surface area contributed by atoms with Crippen molar-refractivity contribution in [3.8, 4) is 0 Å². The lowest BCUT2D eigenvalue weighted by Crippen LogP contribution is -2.23. The summed E-state index contributed by atoms with van der Waals surface area (Å²) in [6.45, 7) is 1.36. The van der Waals surface area contributed by atoms with E-state index < -0.39 is 0 Å². The van der Waals surface area contributed by atoms with Crippen LogP contribution in [0.4, 0.5) is 5.82 Å². The van der Waals surface area contributed by atoms with Gasteiger partial charge < -0.3 is 15.1 Å². The van der Waals surface area contributed by atoms with E-state index in [9.17, 15) is 10.2 Å². The molecular weight excluding hydrogens is 260 g/mol. The molecule has 0 spiro atoms. The van der Waals surface area contributed by atoms with Gasteiger partial charge in [-0.25, -0.2) is 4.98 Å². The molecule has 0 amide bonds. The minimum absolute atomic E-state index is 0.0334. The van der Waals surface area contributed by atoms with Gasteiger partial charge in [-0.2, -0.15) is 0 Å². The number of pyridine rings is 1. The predicted octanol–water partition coefficient (Wildman–Crippen LogP) is 0.907. The van der Waals surface area contributed by atoms with Gasteiger partial charge in [0, 0.05) is 29.3 Å². The average molecular weight is 273 g/mol. The van der Waals surface area contributed by atoms with Gasteiger partial charge in [0.25, 0.3) is 0 Å². The van der Waals surface area contributed by atoms with Crippen molar-refractivity contribution in [1.29, 1.82) is 0 Å². The summed E-state index contributed by atoms with van der Waals surface area (Å²) < 4.78 is 0.857. The van der Waals surface area contributed by atoms with Crippen LogP contribution in [0.25, 0.3) is 0 Å². The molecule has 1 atom stereocenters. The molecule has 0 saturated carbocycles. The molecule has 1 aromatic rings. The van der Waals surface area contributed by atoms with Crippen molar-refractivity contribution < 1.29 is 10.2 Å². The number of aromatic nitrogens is 1. The lowest BCUT2D eigenvalue weighted by molar-refractivity contribution is 0.198. The minimum atomic E-state index is -0.276. The molecule has 4 nitrogen and oxygen atoms in total. The maximum Gasteiger partial charge on any atom is 0.134 e. The Morgan fingerprint density at radius 1 is 1.60 bits per heavy atom. The van der Waals surface area contributed by atoms with Crippen LogP contribution in [0.5, 0.6) is 0 Å². The number of nitrogens with zero attached hydrogens (tertiary/aromatic N) is 2. The zero-order valence-corrected chi connectivity index (χ0v) is 9.81. The maximum absolute atomic E-state index is 9.44. The first-order valence-electron chi connectivity index (χ1n) is 4.89. The molecule has 2 heterocycles. The second-order valence-corrected chi connectivity index (χ2v) is 4.60. The van der Waals surface area contributed by atoms with Crippen molar-refractivity contribution in [2.24, 2.45) is 0 Å². The van der Waals surface area contributed by atoms with Crippen LogP contribution in [0.15, 0.2) is 16.7 Å². The van der Waals surface area contributed by atoms with E-state index in [1.54, 1.807) is 6.20 Å². The van der Waals surface area contributed by atoms with Crippen LogP contribution in [0.1, 0.15) is 12.0 Å². The number of rotatable bonds is 2. The van der Waals surface area contributed by atoms with E-state index in [1.165, 1.54) is 0 Å². The van der Waals surface area contributed by atoms with Crippen LogP contribution in [-0.2, 0) is 6.61 Å². The summed E-state index contributed by atoms with van der Waals surface area (Å²) in [4.78, 5) is 6.28. The minimum Gasteiger partial charge on any atom is -0.392 e. The molecule has 0 aromatic carbocycles. The fraction of sp³-hybridized carbons (Fsp3) is 0.500. The Kier molecular flexibility index (Phi) is 3.23. The first kappa shape index (κ1) is 10.9. The number of β-amino-alcohol motifs (C(OH)–C–C–N with tert-alkyl or cyclic N) is 1. The topological polar surface area (TPSA) is 56.6 Å². The summed E-state index contributed by atoms with van der Waals surface area (Å²) in [5.74, 6) is 0.775. The van der Waals surface area contributed by atoms with Gasteiger partial charge in [-0.3, -0.25) is 0 Å². The molecule has 1 fully saturated rings. The van der Waals surface area contributed by atoms with Gasteiger partial charge in [0.15, 0.2) is 0 Å². The number of hydrogen-bond acceptors (Lipinski definition) is 4. The molecule has 2 N–H and O–H groups in total. The molecule has 1 aliphatic rings. The molecule has 0 aliphatic carbocycles. The number of hydrogen-bond donors (Lipinski definition) is 2. The normalized spacial score (nSPS) is 21.0. The zero-order valence-electron chi connectivity index (χ0n) is 8.23. The third-order valence-corrected chi connectivity index (χ3v) is 2.98. The molecule has 1 unspecified atom stereocenters. The molecular formula is C10H13BrN2O2. The Hall–Kier alpha value is -0.650. The summed E-state index contributed by atoms with van der Waals surface area (Å²) >= 11 is 3.32. The third-order valence-electron chi connectivity index (χ3n) is 2.54. The van der Waals surface area contributed by atoms with E-state index in [2.05, 4.69) is 20.9 Å². The third kappa shape index (κ3) is 2.30. The molecule has 82 valence electrons. The summed E-state index contributed by atoms with van der Waals surface area (Å²) in [6, 6.07) is 1.85. The maximum atomic E-state index is 9.44. The van der Waals surface area contributed by atoms with E-state index in [4.69, 9.17) is 0 Å².